The number of nitrogen functional groups attached to an aromatic ring is 1. The number of nitrogens with two attached hydrogens (primary N) is 1. The van der Waals surface area contributed by atoms with Crippen molar-refractivity contribution in [3.05, 3.63) is 17.1 Å². The zero-order valence-corrected chi connectivity index (χ0v) is 11.0. The molecular weight excluding hydrogens is 226 g/mol. The molecule has 3 rings (SSSR count). The van der Waals surface area contributed by atoms with E-state index in [0.717, 1.165) is 43.6 Å². The molecule has 0 unspecified atom stereocenters. The van der Waals surface area contributed by atoms with Crippen LogP contribution in [0.1, 0.15) is 56.1 Å². The lowest BCUT2D eigenvalue weighted by Gasteiger charge is -2.27. The Bertz CT molecular complexity index is 453. The highest BCUT2D eigenvalue weighted by atomic mass is 16.5. The molecule has 1 fully saturated rings. The van der Waals surface area contributed by atoms with Crippen molar-refractivity contribution in [2.45, 2.75) is 57.5 Å². The predicted octanol–water partition coefficient (Wildman–Crippen LogP) is 2.35. The van der Waals surface area contributed by atoms with E-state index in [1.807, 2.05) is 6.92 Å². The molecule has 0 bridgehead atoms. The van der Waals surface area contributed by atoms with Crippen molar-refractivity contribution in [1.82, 2.24) is 9.97 Å². The van der Waals surface area contributed by atoms with E-state index >= 15 is 0 Å². The predicted molar refractivity (Wildman–Crippen MR) is 70.2 cm³/mol. The summed E-state index contributed by atoms with van der Waals surface area (Å²) in [4.78, 5) is 9.33. The van der Waals surface area contributed by atoms with E-state index in [0.29, 0.717) is 12.4 Å². The average Bonchev–Trinajstić information content (AvgIpc) is 2.98. The van der Waals surface area contributed by atoms with Crippen LogP contribution in [0.5, 0.6) is 0 Å². The van der Waals surface area contributed by atoms with Crippen LogP contribution in [-0.2, 0) is 23.2 Å². The maximum atomic E-state index is 6.09. The number of fused-ring (bicyclic) bond motifs is 1. The quantitative estimate of drug-likeness (QED) is 0.890. The summed E-state index contributed by atoms with van der Waals surface area (Å²) >= 11 is 0. The number of aryl methyl sites for hydroxylation is 1. The monoisotopic (exact) mass is 247 g/mol. The van der Waals surface area contributed by atoms with Crippen LogP contribution in [0.2, 0.25) is 0 Å². The van der Waals surface area contributed by atoms with Crippen LogP contribution in [0.3, 0.4) is 0 Å². The Hall–Kier alpha value is -1.16. The van der Waals surface area contributed by atoms with Gasteiger partial charge in [-0.2, -0.15) is 0 Å². The fraction of sp³-hybridized carbons (Fsp3) is 0.714. The van der Waals surface area contributed by atoms with Crippen molar-refractivity contribution < 1.29 is 4.74 Å². The first-order valence-electron chi connectivity index (χ1n) is 7.05. The summed E-state index contributed by atoms with van der Waals surface area (Å²) in [5.74, 6) is 1.51. The summed E-state index contributed by atoms with van der Waals surface area (Å²) in [6.45, 7) is 2.75. The second-order valence-corrected chi connectivity index (χ2v) is 5.35. The van der Waals surface area contributed by atoms with Crippen LogP contribution in [0, 0.1) is 0 Å². The Balaban J connectivity index is 2.02. The fourth-order valence-corrected chi connectivity index (χ4v) is 3.32. The number of ether oxygens (including phenoxy) is 1. The highest BCUT2D eigenvalue weighted by Gasteiger charge is 2.40. The van der Waals surface area contributed by atoms with Crippen LogP contribution in [0.15, 0.2) is 0 Å². The van der Waals surface area contributed by atoms with Gasteiger partial charge in [0, 0.05) is 17.9 Å². The van der Waals surface area contributed by atoms with Crippen molar-refractivity contribution in [2.24, 2.45) is 0 Å². The first-order valence-corrected chi connectivity index (χ1v) is 7.05. The second kappa shape index (κ2) is 4.50. The number of rotatable bonds is 3. The minimum Gasteiger partial charge on any atom is -0.383 e. The molecule has 0 saturated heterocycles. The Morgan fingerprint density at radius 1 is 1.17 bits per heavy atom. The first kappa shape index (κ1) is 11.9. The number of aromatic nitrogens is 2. The molecule has 2 aliphatic rings. The molecule has 18 heavy (non-hydrogen) atoms. The van der Waals surface area contributed by atoms with E-state index in [1.165, 1.54) is 18.4 Å². The molecular formula is C14H21N3O. The summed E-state index contributed by atoms with van der Waals surface area (Å²) in [5, 5.41) is 0. The molecule has 98 valence electrons. The highest BCUT2D eigenvalue weighted by Crippen LogP contribution is 2.41. The summed E-state index contributed by atoms with van der Waals surface area (Å²) < 4.78 is 6.01. The summed E-state index contributed by atoms with van der Waals surface area (Å²) in [6, 6.07) is 0. The van der Waals surface area contributed by atoms with Crippen molar-refractivity contribution in [2.75, 3.05) is 12.3 Å². The Kier molecular flexibility index (Phi) is 2.98. The zero-order valence-electron chi connectivity index (χ0n) is 11.0. The van der Waals surface area contributed by atoms with Gasteiger partial charge < -0.3 is 10.5 Å². The van der Waals surface area contributed by atoms with Crippen LogP contribution < -0.4 is 5.73 Å². The maximum Gasteiger partial charge on any atom is 0.162 e. The summed E-state index contributed by atoms with van der Waals surface area (Å²) in [7, 11) is 0. The topological polar surface area (TPSA) is 61.0 Å². The standard InChI is InChI=1S/C14H21N3O/c1-2-18-14(8-3-4-9-14)13-16-11-7-5-6-10(11)12(15)17-13/h2-9H2,1H3,(H2,15,16,17). The minimum absolute atomic E-state index is 0.263. The molecule has 1 aromatic heterocycles. The van der Waals surface area contributed by atoms with Gasteiger partial charge in [0.1, 0.15) is 11.4 Å². The van der Waals surface area contributed by atoms with Crippen LogP contribution in [0.4, 0.5) is 5.82 Å². The Morgan fingerprint density at radius 2 is 1.94 bits per heavy atom. The van der Waals surface area contributed by atoms with Gasteiger partial charge in [0.05, 0.1) is 0 Å². The van der Waals surface area contributed by atoms with E-state index in [1.54, 1.807) is 0 Å². The van der Waals surface area contributed by atoms with E-state index in [2.05, 4.69) is 4.98 Å². The fourth-order valence-electron chi connectivity index (χ4n) is 3.32. The SMILES string of the molecule is CCOC1(c2nc(N)c3c(n2)CCC3)CCCC1. The smallest absolute Gasteiger partial charge is 0.162 e. The molecule has 0 aliphatic heterocycles. The molecule has 0 spiro atoms. The van der Waals surface area contributed by atoms with E-state index in [-0.39, 0.29) is 5.60 Å². The average molecular weight is 247 g/mol. The lowest BCUT2D eigenvalue weighted by molar-refractivity contribution is -0.0457. The van der Waals surface area contributed by atoms with Gasteiger partial charge in [-0.25, -0.2) is 9.97 Å². The third-order valence-electron chi connectivity index (χ3n) is 4.20. The van der Waals surface area contributed by atoms with E-state index < -0.39 is 0 Å². The van der Waals surface area contributed by atoms with E-state index in [9.17, 15) is 0 Å². The van der Waals surface area contributed by atoms with Gasteiger partial charge in [-0.3, -0.25) is 0 Å². The second-order valence-electron chi connectivity index (χ2n) is 5.35. The van der Waals surface area contributed by atoms with Crippen LogP contribution >= 0.6 is 0 Å². The van der Waals surface area contributed by atoms with Crippen LogP contribution in [-0.4, -0.2) is 16.6 Å². The molecule has 0 radical (unpaired) electrons. The molecule has 0 amide bonds. The van der Waals surface area contributed by atoms with Gasteiger partial charge in [-0.15, -0.1) is 0 Å². The normalized spacial score (nSPS) is 21.2. The van der Waals surface area contributed by atoms with Crippen molar-refractivity contribution in [1.29, 1.82) is 0 Å². The lowest BCUT2D eigenvalue weighted by atomic mass is 10.0. The number of hydrogen-bond acceptors (Lipinski definition) is 4. The largest absolute Gasteiger partial charge is 0.383 e. The summed E-state index contributed by atoms with van der Waals surface area (Å²) in [5.41, 5.74) is 8.15. The number of hydrogen-bond donors (Lipinski definition) is 1. The molecule has 1 saturated carbocycles. The molecule has 1 heterocycles. The maximum absolute atomic E-state index is 6.09. The van der Waals surface area contributed by atoms with Crippen LogP contribution in [0.25, 0.3) is 0 Å². The molecule has 0 atom stereocenters. The molecule has 2 aliphatic carbocycles. The third-order valence-corrected chi connectivity index (χ3v) is 4.20. The Morgan fingerprint density at radius 3 is 2.67 bits per heavy atom. The van der Waals surface area contributed by atoms with Crippen molar-refractivity contribution >= 4 is 5.82 Å². The van der Waals surface area contributed by atoms with Crippen molar-refractivity contribution in [3.8, 4) is 0 Å². The third kappa shape index (κ3) is 1.79. The van der Waals surface area contributed by atoms with Crippen molar-refractivity contribution in [3.63, 3.8) is 0 Å². The molecule has 1 aromatic rings. The highest BCUT2D eigenvalue weighted by molar-refractivity contribution is 5.45. The summed E-state index contributed by atoms with van der Waals surface area (Å²) in [6.07, 6.45) is 7.67. The zero-order chi connectivity index (χ0) is 12.6. The molecule has 0 aromatic carbocycles. The Labute approximate surface area is 108 Å². The number of anilines is 1. The van der Waals surface area contributed by atoms with Gasteiger partial charge in [-0.1, -0.05) is 0 Å². The van der Waals surface area contributed by atoms with Gasteiger partial charge >= 0.3 is 0 Å². The molecule has 4 nitrogen and oxygen atoms in total. The van der Waals surface area contributed by atoms with Gasteiger partial charge in [0.2, 0.25) is 0 Å². The first-order chi connectivity index (χ1) is 8.75. The number of nitrogens with zero attached hydrogens (tertiary/aromatic N) is 2. The van der Waals surface area contributed by atoms with Gasteiger partial charge in [0.15, 0.2) is 5.82 Å². The molecule has 2 N–H and O–H groups in total. The van der Waals surface area contributed by atoms with Gasteiger partial charge in [0.25, 0.3) is 0 Å². The molecule has 4 heteroatoms. The lowest BCUT2D eigenvalue weighted by Crippen LogP contribution is -2.30. The minimum atomic E-state index is -0.263. The van der Waals surface area contributed by atoms with Gasteiger partial charge in [-0.05, 0) is 51.9 Å². The van der Waals surface area contributed by atoms with E-state index in [4.69, 9.17) is 15.5 Å².